The number of phenolic OH excluding ortho intramolecular Hbond substituents is 1. The number of aromatic hydroxyl groups is 1. The summed E-state index contributed by atoms with van der Waals surface area (Å²) in [5.41, 5.74) is 0.745. The predicted octanol–water partition coefficient (Wildman–Crippen LogP) is 3.61. The van der Waals surface area contributed by atoms with E-state index in [1.165, 1.54) is 0 Å². The Morgan fingerprint density at radius 3 is 2.71 bits per heavy atom. The van der Waals surface area contributed by atoms with Gasteiger partial charge in [-0.25, -0.2) is 4.79 Å². The highest BCUT2D eigenvalue weighted by atomic mass is 16.5. The smallest absolute Gasteiger partial charge is 0.407 e. The summed E-state index contributed by atoms with van der Waals surface area (Å²) in [5.74, 6) is 0.237. The van der Waals surface area contributed by atoms with Gasteiger partial charge in [-0.2, -0.15) is 0 Å². The lowest BCUT2D eigenvalue weighted by atomic mass is 10.0. The number of rotatable bonds is 3. The molecule has 2 aromatic rings. The second-order valence-electron chi connectivity index (χ2n) is 6.08. The molecule has 2 N–H and O–H groups in total. The summed E-state index contributed by atoms with van der Waals surface area (Å²) < 4.78 is 5.19. The van der Waals surface area contributed by atoms with Crippen molar-refractivity contribution < 1.29 is 14.6 Å². The van der Waals surface area contributed by atoms with Crippen molar-refractivity contribution in [1.29, 1.82) is 0 Å². The van der Waals surface area contributed by atoms with Crippen LogP contribution in [0.4, 0.5) is 4.79 Å². The highest BCUT2D eigenvalue weighted by Crippen LogP contribution is 2.23. The topological polar surface area (TPSA) is 58.6 Å². The van der Waals surface area contributed by atoms with Gasteiger partial charge in [0, 0.05) is 12.0 Å². The third-order valence-electron chi connectivity index (χ3n) is 3.04. The maximum Gasteiger partial charge on any atom is 0.407 e. The van der Waals surface area contributed by atoms with Gasteiger partial charge in [0.15, 0.2) is 0 Å². The highest BCUT2D eigenvalue weighted by Gasteiger charge is 2.14. The first-order valence-corrected chi connectivity index (χ1v) is 7.01. The molecule has 2 rings (SSSR count). The van der Waals surface area contributed by atoms with E-state index in [1.807, 2.05) is 45.0 Å². The Kier molecular flexibility index (Phi) is 4.36. The van der Waals surface area contributed by atoms with Gasteiger partial charge in [0.1, 0.15) is 5.75 Å². The van der Waals surface area contributed by atoms with Crippen LogP contribution in [0.1, 0.15) is 26.3 Å². The number of alkyl carbamates (subject to hydrolysis) is 1. The SMILES string of the molecule is CC(C)(C)NC(=O)OCCc1cccc2ccc(O)cc12. The number of hydrogen-bond donors (Lipinski definition) is 2. The lowest BCUT2D eigenvalue weighted by Crippen LogP contribution is -2.41. The number of fused-ring (bicyclic) bond motifs is 1. The molecule has 0 fully saturated rings. The largest absolute Gasteiger partial charge is 0.508 e. The molecular weight excluding hydrogens is 266 g/mol. The lowest BCUT2D eigenvalue weighted by molar-refractivity contribution is 0.139. The van der Waals surface area contributed by atoms with Gasteiger partial charge in [-0.05, 0) is 49.2 Å². The molecule has 0 aromatic heterocycles. The zero-order valence-electron chi connectivity index (χ0n) is 12.6. The van der Waals surface area contributed by atoms with Crippen LogP contribution >= 0.6 is 0 Å². The van der Waals surface area contributed by atoms with E-state index in [0.29, 0.717) is 13.0 Å². The van der Waals surface area contributed by atoms with Crippen molar-refractivity contribution in [2.75, 3.05) is 6.61 Å². The number of carbonyl (C=O) groups is 1. The van der Waals surface area contributed by atoms with Crippen LogP contribution in [0.5, 0.6) is 5.75 Å². The molecule has 0 aliphatic carbocycles. The van der Waals surface area contributed by atoms with E-state index in [-0.39, 0.29) is 11.3 Å². The maximum atomic E-state index is 11.6. The Balaban J connectivity index is 2.01. The Labute approximate surface area is 124 Å². The molecule has 4 nitrogen and oxygen atoms in total. The molecule has 4 heteroatoms. The van der Waals surface area contributed by atoms with Crippen LogP contribution in [0.2, 0.25) is 0 Å². The molecule has 21 heavy (non-hydrogen) atoms. The van der Waals surface area contributed by atoms with Crippen LogP contribution in [0.25, 0.3) is 10.8 Å². The van der Waals surface area contributed by atoms with E-state index in [0.717, 1.165) is 16.3 Å². The van der Waals surface area contributed by atoms with Crippen molar-refractivity contribution >= 4 is 16.9 Å². The van der Waals surface area contributed by atoms with Gasteiger partial charge in [0.2, 0.25) is 0 Å². The summed E-state index contributed by atoms with van der Waals surface area (Å²) >= 11 is 0. The van der Waals surface area contributed by atoms with Crippen LogP contribution in [0.3, 0.4) is 0 Å². The van der Waals surface area contributed by atoms with Gasteiger partial charge in [-0.1, -0.05) is 24.3 Å². The van der Waals surface area contributed by atoms with E-state index in [9.17, 15) is 9.90 Å². The van der Waals surface area contributed by atoms with E-state index < -0.39 is 6.09 Å². The molecule has 0 saturated heterocycles. The minimum absolute atomic E-state index is 0.237. The molecule has 0 aliphatic rings. The van der Waals surface area contributed by atoms with Crippen molar-refractivity contribution in [2.45, 2.75) is 32.7 Å². The third-order valence-corrected chi connectivity index (χ3v) is 3.04. The molecule has 0 heterocycles. The first-order valence-electron chi connectivity index (χ1n) is 7.01. The molecule has 0 radical (unpaired) electrons. The fourth-order valence-corrected chi connectivity index (χ4v) is 2.14. The van der Waals surface area contributed by atoms with E-state index in [2.05, 4.69) is 5.32 Å². The van der Waals surface area contributed by atoms with Crippen molar-refractivity contribution in [2.24, 2.45) is 0 Å². The van der Waals surface area contributed by atoms with Gasteiger partial charge in [-0.3, -0.25) is 0 Å². The number of nitrogens with one attached hydrogen (secondary N) is 1. The molecule has 112 valence electrons. The molecule has 0 aliphatic heterocycles. The summed E-state index contributed by atoms with van der Waals surface area (Å²) in [4.78, 5) is 11.6. The van der Waals surface area contributed by atoms with Gasteiger partial charge in [-0.15, -0.1) is 0 Å². The fourth-order valence-electron chi connectivity index (χ4n) is 2.14. The average Bonchev–Trinajstić information content (AvgIpc) is 2.37. The van der Waals surface area contributed by atoms with Crippen LogP contribution < -0.4 is 5.32 Å². The summed E-state index contributed by atoms with van der Waals surface area (Å²) in [7, 11) is 0. The maximum absolute atomic E-state index is 11.6. The van der Waals surface area contributed by atoms with Crippen molar-refractivity contribution in [1.82, 2.24) is 5.32 Å². The Morgan fingerprint density at radius 2 is 2.00 bits per heavy atom. The number of benzene rings is 2. The summed E-state index contributed by atoms with van der Waals surface area (Å²) in [6, 6.07) is 11.2. The lowest BCUT2D eigenvalue weighted by Gasteiger charge is -2.20. The first-order chi connectivity index (χ1) is 9.85. The Hall–Kier alpha value is -2.23. The van der Waals surface area contributed by atoms with Gasteiger partial charge in [0.25, 0.3) is 0 Å². The van der Waals surface area contributed by atoms with E-state index in [1.54, 1.807) is 12.1 Å². The van der Waals surface area contributed by atoms with Crippen molar-refractivity contribution in [3.8, 4) is 5.75 Å². The Bertz CT molecular complexity index is 644. The Morgan fingerprint density at radius 1 is 1.24 bits per heavy atom. The summed E-state index contributed by atoms with van der Waals surface area (Å²) in [5, 5.41) is 14.4. The number of ether oxygens (including phenoxy) is 1. The normalized spacial score (nSPS) is 11.4. The number of carbonyl (C=O) groups excluding carboxylic acids is 1. The van der Waals surface area contributed by atoms with Gasteiger partial charge >= 0.3 is 6.09 Å². The molecule has 0 saturated carbocycles. The van der Waals surface area contributed by atoms with Crippen molar-refractivity contribution in [3.05, 3.63) is 42.0 Å². The molecule has 0 atom stereocenters. The molecule has 0 spiro atoms. The van der Waals surface area contributed by atoms with Gasteiger partial charge in [0.05, 0.1) is 6.61 Å². The van der Waals surface area contributed by atoms with Gasteiger partial charge < -0.3 is 15.2 Å². The zero-order valence-corrected chi connectivity index (χ0v) is 12.6. The first kappa shape index (κ1) is 15.2. The second-order valence-corrected chi connectivity index (χ2v) is 6.08. The molecule has 1 amide bonds. The summed E-state index contributed by atoms with van der Waals surface area (Å²) in [6.07, 6.45) is 0.198. The quantitative estimate of drug-likeness (QED) is 0.906. The zero-order chi connectivity index (χ0) is 15.5. The van der Waals surface area contributed by atoms with E-state index in [4.69, 9.17) is 4.74 Å². The average molecular weight is 287 g/mol. The molecule has 0 bridgehead atoms. The third kappa shape index (κ3) is 4.38. The fraction of sp³-hybridized carbons (Fsp3) is 0.353. The number of phenols is 1. The van der Waals surface area contributed by atoms with Crippen LogP contribution in [0.15, 0.2) is 36.4 Å². The number of amides is 1. The number of hydrogen-bond acceptors (Lipinski definition) is 3. The van der Waals surface area contributed by atoms with Crippen LogP contribution in [-0.4, -0.2) is 23.3 Å². The molecule has 0 unspecified atom stereocenters. The molecule has 2 aromatic carbocycles. The van der Waals surface area contributed by atoms with Crippen LogP contribution in [0, 0.1) is 0 Å². The van der Waals surface area contributed by atoms with Crippen LogP contribution in [-0.2, 0) is 11.2 Å². The summed E-state index contributed by atoms with van der Waals surface area (Å²) in [6.45, 7) is 6.02. The minimum Gasteiger partial charge on any atom is -0.508 e. The predicted molar refractivity (Wildman–Crippen MR) is 83.6 cm³/mol. The van der Waals surface area contributed by atoms with Crippen molar-refractivity contribution in [3.63, 3.8) is 0 Å². The monoisotopic (exact) mass is 287 g/mol. The minimum atomic E-state index is -0.411. The molecular formula is C17H21NO3. The standard InChI is InChI=1S/C17H21NO3/c1-17(2,3)18-16(20)21-10-9-13-6-4-5-12-7-8-14(19)11-15(12)13/h4-8,11,19H,9-10H2,1-3H3,(H,18,20). The van der Waals surface area contributed by atoms with E-state index >= 15 is 0 Å². The highest BCUT2D eigenvalue weighted by molar-refractivity contribution is 5.87. The second kappa shape index (κ2) is 6.04.